The van der Waals surface area contributed by atoms with Gasteiger partial charge in [-0.25, -0.2) is 0 Å². The molecule has 2 aliphatic heterocycles. The van der Waals surface area contributed by atoms with Gasteiger partial charge in [-0.3, -0.25) is 9.69 Å². The normalized spacial score (nSPS) is 27.3. The van der Waals surface area contributed by atoms with Crippen LogP contribution in [0.3, 0.4) is 0 Å². The van der Waals surface area contributed by atoms with E-state index in [1.54, 1.807) is 0 Å². The van der Waals surface area contributed by atoms with Gasteiger partial charge in [0.1, 0.15) is 0 Å². The molecular formula is C16H30N2O. The maximum absolute atomic E-state index is 12.0. The van der Waals surface area contributed by atoms with E-state index in [0.717, 1.165) is 19.0 Å². The number of hydrogen-bond donors (Lipinski definition) is 0. The molecule has 2 saturated heterocycles. The van der Waals surface area contributed by atoms with Gasteiger partial charge < -0.3 is 4.90 Å². The Labute approximate surface area is 118 Å². The molecule has 0 saturated carbocycles. The zero-order valence-corrected chi connectivity index (χ0v) is 12.9. The topological polar surface area (TPSA) is 23.6 Å². The Kier molecular flexibility index (Phi) is 5.26. The molecule has 0 N–H and O–H groups in total. The highest BCUT2D eigenvalue weighted by Gasteiger charge is 2.41. The molecule has 0 aliphatic carbocycles. The van der Waals surface area contributed by atoms with Gasteiger partial charge in [0.2, 0.25) is 5.91 Å². The van der Waals surface area contributed by atoms with Crippen molar-refractivity contribution < 1.29 is 4.79 Å². The van der Waals surface area contributed by atoms with Crippen LogP contribution in [0.1, 0.15) is 59.3 Å². The summed E-state index contributed by atoms with van der Waals surface area (Å²) in [6, 6.07) is 1.02. The number of carbonyl (C=O) groups excluding carboxylic acids is 1. The summed E-state index contributed by atoms with van der Waals surface area (Å²) in [4.78, 5) is 16.8. The number of unbranched alkanes of at least 4 members (excludes halogenated alkanes) is 1. The van der Waals surface area contributed by atoms with Crippen LogP contribution >= 0.6 is 0 Å². The Balaban J connectivity index is 1.75. The van der Waals surface area contributed by atoms with Crippen LogP contribution in [-0.2, 0) is 4.79 Å². The molecule has 2 aliphatic rings. The fourth-order valence-electron chi connectivity index (χ4n) is 3.65. The molecule has 19 heavy (non-hydrogen) atoms. The summed E-state index contributed by atoms with van der Waals surface area (Å²) < 4.78 is 0. The molecule has 0 unspecified atom stereocenters. The molecule has 2 atom stereocenters. The molecule has 1 amide bonds. The number of hydrogen-bond acceptors (Lipinski definition) is 2. The zero-order chi connectivity index (χ0) is 13.8. The van der Waals surface area contributed by atoms with Crippen molar-refractivity contribution in [3.05, 3.63) is 0 Å². The second kappa shape index (κ2) is 6.74. The van der Waals surface area contributed by atoms with Crippen LogP contribution in [0, 0.1) is 5.92 Å². The van der Waals surface area contributed by atoms with Crippen LogP contribution in [0.25, 0.3) is 0 Å². The van der Waals surface area contributed by atoms with Crippen molar-refractivity contribution in [2.75, 3.05) is 19.6 Å². The first-order chi connectivity index (χ1) is 9.11. The van der Waals surface area contributed by atoms with E-state index in [9.17, 15) is 4.79 Å². The van der Waals surface area contributed by atoms with Crippen molar-refractivity contribution in [3.8, 4) is 0 Å². The fraction of sp³-hybridized carbons (Fsp3) is 0.938. The minimum atomic E-state index is 0.368. The lowest BCUT2D eigenvalue weighted by atomic mass is 10.1. The van der Waals surface area contributed by atoms with E-state index in [1.165, 1.54) is 38.6 Å². The summed E-state index contributed by atoms with van der Waals surface area (Å²) in [7, 11) is 0. The van der Waals surface area contributed by atoms with Gasteiger partial charge in [0.25, 0.3) is 0 Å². The van der Waals surface area contributed by atoms with Crippen LogP contribution in [0.15, 0.2) is 0 Å². The van der Waals surface area contributed by atoms with Gasteiger partial charge in [0, 0.05) is 31.6 Å². The lowest BCUT2D eigenvalue weighted by Crippen LogP contribution is -2.55. The number of nitrogens with zero attached hydrogens (tertiary/aromatic N) is 2. The Morgan fingerprint density at radius 3 is 2.32 bits per heavy atom. The van der Waals surface area contributed by atoms with Crippen molar-refractivity contribution in [1.29, 1.82) is 0 Å². The van der Waals surface area contributed by atoms with E-state index < -0.39 is 0 Å². The highest BCUT2D eigenvalue weighted by molar-refractivity contribution is 5.77. The second-order valence-corrected chi connectivity index (χ2v) is 6.69. The van der Waals surface area contributed by atoms with Crippen molar-refractivity contribution in [1.82, 2.24) is 9.80 Å². The Hall–Kier alpha value is -0.570. The third-order valence-electron chi connectivity index (χ3n) is 4.65. The van der Waals surface area contributed by atoms with E-state index in [1.807, 2.05) is 6.92 Å². The monoisotopic (exact) mass is 266 g/mol. The third kappa shape index (κ3) is 3.71. The molecule has 2 rings (SSSR count). The molecule has 0 aromatic heterocycles. The zero-order valence-electron chi connectivity index (χ0n) is 12.9. The maximum Gasteiger partial charge on any atom is 0.222 e. The number of likely N-dealkylation sites (tertiary alicyclic amines) is 1. The van der Waals surface area contributed by atoms with Gasteiger partial charge in [-0.05, 0) is 31.7 Å². The summed E-state index contributed by atoms with van der Waals surface area (Å²) in [5, 5.41) is 0. The fourth-order valence-corrected chi connectivity index (χ4v) is 3.65. The van der Waals surface area contributed by atoms with Gasteiger partial charge in [-0.2, -0.15) is 0 Å². The first kappa shape index (κ1) is 14.8. The molecule has 110 valence electrons. The van der Waals surface area contributed by atoms with Gasteiger partial charge in [-0.1, -0.05) is 33.6 Å². The number of amides is 1. The van der Waals surface area contributed by atoms with Crippen molar-refractivity contribution in [2.45, 2.75) is 71.4 Å². The molecule has 3 heteroatoms. The summed E-state index contributed by atoms with van der Waals surface area (Å²) in [5.74, 6) is 1.20. The van der Waals surface area contributed by atoms with E-state index in [-0.39, 0.29) is 0 Å². The second-order valence-electron chi connectivity index (χ2n) is 6.69. The first-order valence-electron chi connectivity index (χ1n) is 8.15. The van der Waals surface area contributed by atoms with E-state index >= 15 is 0 Å². The highest BCUT2D eigenvalue weighted by atomic mass is 16.2. The van der Waals surface area contributed by atoms with Crippen molar-refractivity contribution >= 4 is 5.91 Å². The van der Waals surface area contributed by atoms with Gasteiger partial charge in [0.15, 0.2) is 0 Å². The van der Waals surface area contributed by atoms with E-state index in [2.05, 4.69) is 23.6 Å². The predicted octanol–water partition coefficient (Wildman–Crippen LogP) is 2.90. The minimum absolute atomic E-state index is 0.368. The lowest BCUT2D eigenvalue weighted by molar-refractivity contribution is -0.136. The quantitative estimate of drug-likeness (QED) is 0.690. The average molecular weight is 266 g/mol. The van der Waals surface area contributed by atoms with Crippen molar-refractivity contribution in [3.63, 3.8) is 0 Å². The van der Waals surface area contributed by atoms with Crippen LogP contribution in [-0.4, -0.2) is 47.4 Å². The summed E-state index contributed by atoms with van der Waals surface area (Å²) in [5.41, 5.74) is 0. The Morgan fingerprint density at radius 1 is 1.16 bits per heavy atom. The van der Waals surface area contributed by atoms with Crippen LogP contribution < -0.4 is 0 Å². The third-order valence-corrected chi connectivity index (χ3v) is 4.65. The maximum atomic E-state index is 12.0. The van der Waals surface area contributed by atoms with Gasteiger partial charge >= 0.3 is 0 Å². The van der Waals surface area contributed by atoms with Gasteiger partial charge in [-0.15, -0.1) is 0 Å². The standard InChI is InChI=1S/C16H30N2O/c1-4-16(19)18-14-8-9-15(18)12-17(11-14)10-6-5-7-13(2)3/h13-15H,4-12H2,1-3H3/t14-,15+. The van der Waals surface area contributed by atoms with Crippen LogP contribution in [0.4, 0.5) is 0 Å². The molecular weight excluding hydrogens is 236 g/mol. The SMILES string of the molecule is CCC(=O)N1[C@@H]2CC[C@H]1CN(CCCCC(C)C)C2. The predicted molar refractivity (Wildman–Crippen MR) is 79.1 cm³/mol. The molecule has 3 nitrogen and oxygen atoms in total. The molecule has 0 radical (unpaired) electrons. The first-order valence-corrected chi connectivity index (χ1v) is 8.15. The Morgan fingerprint density at radius 2 is 1.79 bits per heavy atom. The van der Waals surface area contributed by atoms with Crippen molar-refractivity contribution in [2.24, 2.45) is 5.92 Å². The molecule has 0 spiro atoms. The number of carbonyl (C=O) groups is 1. The largest absolute Gasteiger partial charge is 0.334 e. The van der Waals surface area contributed by atoms with E-state index in [4.69, 9.17) is 0 Å². The minimum Gasteiger partial charge on any atom is -0.334 e. The summed E-state index contributed by atoms with van der Waals surface area (Å²) >= 11 is 0. The number of piperazine rings is 1. The summed E-state index contributed by atoms with van der Waals surface area (Å²) in [6.45, 7) is 10.0. The molecule has 0 aromatic carbocycles. The number of fused-ring (bicyclic) bond motifs is 2. The molecule has 2 fully saturated rings. The van der Waals surface area contributed by atoms with Gasteiger partial charge in [0.05, 0.1) is 0 Å². The smallest absolute Gasteiger partial charge is 0.222 e. The van der Waals surface area contributed by atoms with Crippen LogP contribution in [0.5, 0.6) is 0 Å². The average Bonchev–Trinajstić information content (AvgIpc) is 2.65. The summed E-state index contributed by atoms with van der Waals surface area (Å²) in [6.07, 6.45) is 7.13. The lowest BCUT2D eigenvalue weighted by Gasteiger charge is -2.41. The van der Waals surface area contributed by atoms with Crippen LogP contribution in [0.2, 0.25) is 0 Å². The van der Waals surface area contributed by atoms with E-state index in [0.29, 0.717) is 24.4 Å². The Bertz CT molecular complexity index is 289. The molecule has 2 heterocycles. The molecule has 2 bridgehead atoms. The highest BCUT2D eigenvalue weighted by Crippen LogP contribution is 2.30. The number of rotatable bonds is 6. The molecule has 0 aromatic rings.